The molecule has 0 saturated carbocycles. The summed E-state index contributed by atoms with van der Waals surface area (Å²) < 4.78 is 0. The molecular weight excluding hydrogens is 362 g/mol. The summed E-state index contributed by atoms with van der Waals surface area (Å²) in [5.74, 6) is 0.0585. The second kappa shape index (κ2) is 9.03. The van der Waals surface area contributed by atoms with E-state index in [4.69, 9.17) is 0 Å². The highest BCUT2D eigenvalue weighted by molar-refractivity contribution is 7.12. The Bertz CT molecular complexity index is 934. The third-order valence-electron chi connectivity index (χ3n) is 5.18. The maximum Gasteiger partial charge on any atom is 0.185 e. The molecule has 0 N–H and O–H groups in total. The largest absolute Gasteiger partial charge is 0.372 e. The summed E-state index contributed by atoms with van der Waals surface area (Å²) >= 11 is 1.74. The molecule has 3 aromatic rings. The van der Waals surface area contributed by atoms with Crippen LogP contribution in [-0.4, -0.2) is 18.9 Å². The third kappa shape index (κ3) is 4.79. The van der Waals surface area contributed by atoms with Crippen molar-refractivity contribution in [3.8, 4) is 0 Å². The first-order chi connectivity index (χ1) is 13.8. The van der Waals surface area contributed by atoms with E-state index in [9.17, 15) is 4.79 Å². The van der Waals surface area contributed by atoms with Crippen LogP contribution in [0.5, 0.6) is 0 Å². The Balaban J connectivity index is 1.37. The summed E-state index contributed by atoms with van der Waals surface area (Å²) in [6, 6.07) is 22.8. The van der Waals surface area contributed by atoms with Crippen LogP contribution < -0.4 is 4.90 Å². The lowest BCUT2D eigenvalue weighted by atomic mass is 10.1. The summed E-state index contributed by atoms with van der Waals surface area (Å²) in [7, 11) is 0. The lowest BCUT2D eigenvalue weighted by Crippen LogP contribution is -2.29. The predicted octanol–water partition coefficient (Wildman–Crippen LogP) is 6.23. The van der Waals surface area contributed by atoms with Crippen molar-refractivity contribution >= 4 is 28.9 Å². The van der Waals surface area contributed by atoms with Crippen LogP contribution in [0.1, 0.15) is 44.9 Å². The van der Waals surface area contributed by atoms with E-state index in [0.29, 0.717) is 0 Å². The van der Waals surface area contributed by atoms with Gasteiger partial charge >= 0.3 is 0 Å². The van der Waals surface area contributed by atoms with Crippen molar-refractivity contribution < 1.29 is 4.79 Å². The number of thiophene rings is 1. The summed E-state index contributed by atoms with van der Waals surface area (Å²) in [6.07, 6.45) is 8.40. The molecule has 1 saturated heterocycles. The van der Waals surface area contributed by atoms with E-state index in [2.05, 4.69) is 53.4 Å². The lowest BCUT2D eigenvalue weighted by molar-refractivity contribution is 0.104. The molecule has 0 atom stereocenters. The van der Waals surface area contributed by atoms with Crippen molar-refractivity contribution in [3.63, 3.8) is 0 Å². The number of hydrogen-bond donors (Lipinski definition) is 0. The van der Waals surface area contributed by atoms with E-state index in [1.54, 1.807) is 17.4 Å². The van der Waals surface area contributed by atoms with Gasteiger partial charge in [-0.1, -0.05) is 30.3 Å². The van der Waals surface area contributed by atoms with Crippen LogP contribution in [0.15, 0.2) is 72.8 Å². The summed E-state index contributed by atoms with van der Waals surface area (Å²) in [4.78, 5) is 17.3. The standard InChI is InChI=1S/C25H25NOS/c27-25(21-9-11-22(12-10-21)26-17-5-2-6-18-26)16-15-23-13-14-24(28-23)19-20-7-3-1-4-8-20/h1,3-4,7-16H,2,5-6,17-19H2/b16-15+. The fourth-order valence-corrected chi connectivity index (χ4v) is 4.57. The van der Waals surface area contributed by atoms with Gasteiger partial charge in [-0.05, 0) is 73.4 Å². The van der Waals surface area contributed by atoms with Crippen molar-refractivity contribution in [1.29, 1.82) is 0 Å². The second-order valence-electron chi connectivity index (χ2n) is 7.26. The van der Waals surface area contributed by atoms with Crippen molar-refractivity contribution in [2.45, 2.75) is 25.7 Å². The minimum Gasteiger partial charge on any atom is -0.372 e. The molecule has 2 aromatic carbocycles. The van der Waals surface area contributed by atoms with E-state index in [1.165, 1.54) is 35.4 Å². The highest BCUT2D eigenvalue weighted by atomic mass is 32.1. The first kappa shape index (κ1) is 18.7. The van der Waals surface area contributed by atoms with Gasteiger partial charge in [0, 0.05) is 40.5 Å². The summed E-state index contributed by atoms with van der Waals surface area (Å²) in [6.45, 7) is 2.24. The van der Waals surface area contributed by atoms with Crippen LogP contribution in [0.3, 0.4) is 0 Å². The fourth-order valence-electron chi connectivity index (χ4n) is 3.62. The Morgan fingerprint density at radius 2 is 1.64 bits per heavy atom. The zero-order chi connectivity index (χ0) is 19.2. The van der Waals surface area contributed by atoms with Gasteiger partial charge in [0.15, 0.2) is 5.78 Å². The van der Waals surface area contributed by atoms with E-state index >= 15 is 0 Å². The van der Waals surface area contributed by atoms with Gasteiger partial charge in [-0.2, -0.15) is 0 Å². The molecule has 0 spiro atoms. The fraction of sp³-hybridized carbons (Fsp3) is 0.240. The molecule has 0 bridgehead atoms. The van der Waals surface area contributed by atoms with Crippen LogP contribution >= 0.6 is 11.3 Å². The first-order valence-corrected chi connectivity index (χ1v) is 10.8. The highest BCUT2D eigenvalue weighted by Crippen LogP contribution is 2.23. The van der Waals surface area contributed by atoms with Gasteiger partial charge in [0.05, 0.1) is 0 Å². The van der Waals surface area contributed by atoms with Crippen LogP contribution in [0.2, 0.25) is 0 Å². The van der Waals surface area contributed by atoms with E-state index in [-0.39, 0.29) is 5.78 Å². The normalized spacial score (nSPS) is 14.5. The maximum atomic E-state index is 12.5. The zero-order valence-corrected chi connectivity index (χ0v) is 16.8. The molecule has 1 aromatic heterocycles. The molecule has 1 fully saturated rings. The monoisotopic (exact) mass is 387 g/mol. The van der Waals surface area contributed by atoms with Gasteiger partial charge in [0.25, 0.3) is 0 Å². The van der Waals surface area contributed by atoms with Crippen molar-refractivity contribution in [1.82, 2.24) is 0 Å². The molecule has 1 aliphatic rings. The zero-order valence-electron chi connectivity index (χ0n) is 16.0. The predicted molar refractivity (Wildman–Crippen MR) is 119 cm³/mol. The van der Waals surface area contributed by atoms with Gasteiger partial charge in [-0.25, -0.2) is 0 Å². The number of rotatable bonds is 6. The quantitative estimate of drug-likeness (QED) is 0.369. The average Bonchev–Trinajstić information content (AvgIpc) is 3.21. The number of ketones is 1. The van der Waals surface area contributed by atoms with Gasteiger partial charge < -0.3 is 4.90 Å². The SMILES string of the molecule is O=C(/C=C/c1ccc(Cc2ccccc2)s1)c1ccc(N2CCCCC2)cc1. The molecule has 28 heavy (non-hydrogen) atoms. The maximum absolute atomic E-state index is 12.5. The molecule has 2 heterocycles. The Labute approximate surface area is 171 Å². The minimum absolute atomic E-state index is 0.0585. The molecule has 0 amide bonds. The van der Waals surface area contributed by atoms with E-state index < -0.39 is 0 Å². The van der Waals surface area contributed by atoms with Crippen LogP contribution in [0, 0.1) is 0 Å². The number of piperidine rings is 1. The Kier molecular flexibility index (Phi) is 6.03. The van der Waals surface area contributed by atoms with Crippen LogP contribution in [-0.2, 0) is 6.42 Å². The Morgan fingerprint density at radius 1 is 0.893 bits per heavy atom. The number of carbonyl (C=O) groups excluding carboxylic acids is 1. The molecule has 1 aliphatic heterocycles. The molecule has 4 rings (SSSR count). The Hall–Kier alpha value is -2.65. The smallest absolute Gasteiger partial charge is 0.185 e. The minimum atomic E-state index is 0.0585. The number of benzene rings is 2. The van der Waals surface area contributed by atoms with Crippen molar-refractivity contribution in [2.75, 3.05) is 18.0 Å². The summed E-state index contributed by atoms with van der Waals surface area (Å²) in [5, 5.41) is 0. The van der Waals surface area contributed by atoms with Crippen molar-refractivity contribution in [2.24, 2.45) is 0 Å². The molecule has 2 nitrogen and oxygen atoms in total. The average molecular weight is 388 g/mol. The van der Waals surface area contributed by atoms with Gasteiger partial charge in [0.2, 0.25) is 0 Å². The molecule has 0 aliphatic carbocycles. The third-order valence-corrected chi connectivity index (χ3v) is 6.23. The molecular formula is C25H25NOS. The topological polar surface area (TPSA) is 20.3 Å². The second-order valence-corrected chi connectivity index (χ2v) is 8.46. The molecule has 3 heteroatoms. The molecule has 142 valence electrons. The number of nitrogens with zero attached hydrogens (tertiary/aromatic N) is 1. The van der Waals surface area contributed by atoms with Gasteiger partial charge in [-0.3, -0.25) is 4.79 Å². The number of carbonyl (C=O) groups is 1. The summed E-state index contributed by atoms with van der Waals surface area (Å²) in [5.41, 5.74) is 3.28. The number of hydrogen-bond acceptors (Lipinski definition) is 3. The van der Waals surface area contributed by atoms with Crippen LogP contribution in [0.25, 0.3) is 6.08 Å². The van der Waals surface area contributed by atoms with E-state index in [1.807, 2.05) is 24.3 Å². The Morgan fingerprint density at radius 3 is 2.39 bits per heavy atom. The van der Waals surface area contributed by atoms with Gasteiger partial charge in [-0.15, -0.1) is 11.3 Å². The first-order valence-electron chi connectivity index (χ1n) is 9.98. The van der Waals surface area contributed by atoms with Crippen molar-refractivity contribution in [3.05, 3.63) is 93.7 Å². The van der Waals surface area contributed by atoms with E-state index in [0.717, 1.165) is 30.0 Å². The molecule has 0 unspecified atom stereocenters. The number of anilines is 1. The lowest BCUT2D eigenvalue weighted by Gasteiger charge is -2.28. The van der Waals surface area contributed by atoms with Crippen LogP contribution in [0.4, 0.5) is 5.69 Å². The van der Waals surface area contributed by atoms with Gasteiger partial charge in [0.1, 0.15) is 0 Å². The highest BCUT2D eigenvalue weighted by Gasteiger charge is 2.11. The molecule has 0 radical (unpaired) electrons. The number of allylic oxidation sites excluding steroid dienone is 1.